The fourth-order valence-corrected chi connectivity index (χ4v) is 6.07. The van der Waals surface area contributed by atoms with Gasteiger partial charge in [0.25, 0.3) is 0 Å². The van der Waals surface area contributed by atoms with Crippen LogP contribution in [0.25, 0.3) is 0 Å². The van der Waals surface area contributed by atoms with Crippen molar-refractivity contribution in [2.24, 2.45) is 5.92 Å². The Morgan fingerprint density at radius 3 is 2.02 bits per heavy atom. The van der Waals surface area contributed by atoms with E-state index in [4.69, 9.17) is 23.7 Å². The van der Waals surface area contributed by atoms with Crippen LogP contribution in [-0.2, 0) is 28.5 Å². The van der Waals surface area contributed by atoms with E-state index in [1.165, 1.54) is 0 Å². The molecule has 0 aliphatic carbocycles. The van der Waals surface area contributed by atoms with Crippen LogP contribution >= 0.6 is 0 Å². The number of aliphatic hydroxyl groups is 6. The van der Waals surface area contributed by atoms with Crippen molar-refractivity contribution in [3.05, 3.63) is 12.2 Å². The van der Waals surface area contributed by atoms with E-state index in [0.29, 0.717) is 6.42 Å². The molecule has 0 aromatic rings. The highest BCUT2D eigenvalue weighted by Gasteiger charge is 2.48. The molecule has 2 bridgehead atoms. The number of fused-ring (bicyclic) bond motifs is 21. The van der Waals surface area contributed by atoms with Gasteiger partial charge in [-0.15, -0.1) is 0 Å². The molecule has 12 nitrogen and oxygen atoms in total. The first-order valence-corrected chi connectivity index (χ1v) is 16.6. The number of allylic oxidation sites excluding steroid dienone is 2. The van der Waals surface area contributed by atoms with E-state index >= 15 is 0 Å². The fraction of sp³-hybridized carbons (Fsp3) is 0.906. The van der Waals surface area contributed by atoms with Crippen LogP contribution in [0.5, 0.6) is 0 Å². The topological polar surface area (TPSA) is 185 Å². The first-order chi connectivity index (χ1) is 21.3. The van der Waals surface area contributed by atoms with Crippen LogP contribution in [0.3, 0.4) is 0 Å². The highest BCUT2D eigenvalue weighted by molar-refractivity contribution is 5.69. The zero-order valence-corrected chi connectivity index (χ0v) is 26.2. The van der Waals surface area contributed by atoms with Gasteiger partial charge in [0.05, 0.1) is 44.6 Å². The molecule has 4 aliphatic heterocycles. The third-order valence-corrected chi connectivity index (χ3v) is 8.85. The summed E-state index contributed by atoms with van der Waals surface area (Å²) in [7, 11) is 0. The summed E-state index contributed by atoms with van der Waals surface area (Å²) >= 11 is 0. The van der Waals surface area contributed by atoms with Crippen molar-refractivity contribution in [3.8, 4) is 0 Å². The van der Waals surface area contributed by atoms with Gasteiger partial charge in [0, 0.05) is 6.42 Å². The van der Waals surface area contributed by atoms with Gasteiger partial charge in [0.15, 0.2) is 12.4 Å². The third kappa shape index (κ3) is 11.6. The molecular weight excluding hydrogens is 576 g/mol. The minimum atomic E-state index is -1.51. The molecule has 0 spiro atoms. The molecule has 12 heteroatoms. The number of ether oxygens (including phenoxy) is 5. The molecule has 0 radical (unpaired) electrons. The standard InChI is InChI=1S/C32H56O12/c1-21-15-13-11-9-7-5-3-2-4-6-8-10-12-14-16-26(35)44-31-24(18-34)42-25(29(38)30(31)39)20-40-19-22-27(36)28(37)23(17-33)43-32(22)41-21/h2-3,21-25,27-34,36-39H,4-20H2,1H3/b3-2-/t21?,22-,23-,24-,25+,27-,28-,29+,30-,31-,32-/m1/s1. The average molecular weight is 633 g/mol. The molecule has 0 saturated carbocycles. The molecule has 256 valence electrons. The van der Waals surface area contributed by atoms with Crippen molar-refractivity contribution in [1.82, 2.24) is 0 Å². The Bertz CT molecular complexity index is 825. The summed E-state index contributed by atoms with van der Waals surface area (Å²) in [6, 6.07) is 0. The van der Waals surface area contributed by atoms with Gasteiger partial charge in [-0.1, -0.05) is 50.7 Å². The summed E-state index contributed by atoms with van der Waals surface area (Å²) in [6.45, 7) is 0.495. The van der Waals surface area contributed by atoms with Crippen molar-refractivity contribution in [2.75, 3.05) is 26.4 Å². The molecule has 0 aromatic carbocycles. The zero-order valence-electron chi connectivity index (χ0n) is 26.2. The van der Waals surface area contributed by atoms with E-state index < -0.39 is 80.2 Å². The Morgan fingerprint density at radius 2 is 1.34 bits per heavy atom. The molecule has 4 rings (SSSR count). The van der Waals surface area contributed by atoms with E-state index in [-0.39, 0.29) is 25.7 Å². The second-order valence-corrected chi connectivity index (χ2v) is 12.5. The number of carbonyl (C=O) groups is 1. The SMILES string of the molecule is CC1CCCCCC/C=C\CCCCCCCC(=O)O[C@H]2[C@H](O)[C@@H](O)[C@H](COC[C@H]3[C@H](O1)O[C@H](CO)[C@@H](O)[C@@H]3O)O[C@@H]2CO. The van der Waals surface area contributed by atoms with Crippen LogP contribution in [0, 0.1) is 5.92 Å². The van der Waals surface area contributed by atoms with Crippen LogP contribution in [0.15, 0.2) is 12.2 Å². The van der Waals surface area contributed by atoms with E-state index in [0.717, 1.165) is 70.6 Å². The fourth-order valence-electron chi connectivity index (χ4n) is 6.07. The van der Waals surface area contributed by atoms with Crippen molar-refractivity contribution in [3.63, 3.8) is 0 Å². The Balaban J connectivity index is 1.65. The number of carbonyl (C=O) groups excluding carboxylic acids is 1. The summed E-state index contributed by atoms with van der Waals surface area (Å²) in [5.41, 5.74) is 0. The average Bonchev–Trinajstić information content (AvgIpc) is 3.01. The molecule has 4 aliphatic rings. The van der Waals surface area contributed by atoms with Gasteiger partial charge in [0.2, 0.25) is 0 Å². The molecule has 11 atom stereocenters. The smallest absolute Gasteiger partial charge is 0.306 e. The molecule has 0 amide bonds. The minimum absolute atomic E-state index is 0.147. The molecule has 2 fully saturated rings. The minimum Gasteiger partial charge on any atom is -0.457 e. The van der Waals surface area contributed by atoms with Gasteiger partial charge in [-0.2, -0.15) is 0 Å². The molecule has 44 heavy (non-hydrogen) atoms. The maximum absolute atomic E-state index is 12.5. The van der Waals surface area contributed by atoms with Crippen LogP contribution in [0.1, 0.15) is 90.4 Å². The Hall–Kier alpha value is -1.19. The maximum atomic E-state index is 12.5. The van der Waals surface area contributed by atoms with Gasteiger partial charge in [-0.25, -0.2) is 0 Å². The van der Waals surface area contributed by atoms with Crippen molar-refractivity contribution >= 4 is 5.97 Å². The number of rotatable bonds is 2. The Morgan fingerprint density at radius 1 is 0.705 bits per heavy atom. The predicted molar refractivity (Wildman–Crippen MR) is 159 cm³/mol. The first kappa shape index (κ1) is 37.3. The first-order valence-electron chi connectivity index (χ1n) is 16.6. The van der Waals surface area contributed by atoms with E-state index in [2.05, 4.69) is 12.2 Å². The Labute approximate surface area is 261 Å². The number of hydrogen-bond donors (Lipinski definition) is 6. The highest BCUT2D eigenvalue weighted by atomic mass is 16.7. The molecular formula is C32H56O12. The lowest BCUT2D eigenvalue weighted by molar-refractivity contribution is -0.304. The van der Waals surface area contributed by atoms with Crippen LogP contribution in [0.4, 0.5) is 0 Å². The van der Waals surface area contributed by atoms with E-state index in [1.54, 1.807) is 0 Å². The highest BCUT2D eigenvalue weighted by Crippen LogP contribution is 2.30. The molecule has 4 heterocycles. The second-order valence-electron chi connectivity index (χ2n) is 12.5. The monoisotopic (exact) mass is 632 g/mol. The lowest BCUT2D eigenvalue weighted by Crippen LogP contribution is -2.61. The summed E-state index contributed by atoms with van der Waals surface area (Å²) < 4.78 is 28.9. The summed E-state index contributed by atoms with van der Waals surface area (Å²) in [5.74, 6) is -1.35. The predicted octanol–water partition coefficient (Wildman–Crippen LogP) is 1.50. The van der Waals surface area contributed by atoms with Gasteiger partial charge in [0.1, 0.15) is 36.6 Å². The van der Waals surface area contributed by atoms with Gasteiger partial charge in [-0.05, 0) is 45.4 Å². The third-order valence-electron chi connectivity index (χ3n) is 8.85. The lowest BCUT2D eigenvalue weighted by atomic mass is 9.91. The summed E-state index contributed by atoms with van der Waals surface area (Å²) in [5, 5.41) is 62.4. The normalized spacial score (nSPS) is 41.1. The quantitative estimate of drug-likeness (QED) is 0.191. The molecule has 2 saturated heterocycles. The molecule has 0 aromatic heterocycles. The number of aliphatic hydroxyl groups excluding tert-OH is 6. The zero-order chi connectivity index (χ0) is 31.9. The summed E-state index contributed by atoms with van der Waals surface area (Å²) in [6.07, 6.45) is 5.34. The number of hydrogen-bond acceptors (Lipinski definition) is 12. The van der Waals surface area contributed by atoms with Crippen LogP contribution < -0.4 is 0 Å². The molecule has 1 unspecified atom stereocenters. The molecule has 6 N–H and O–H groups in total. The van der Waals surface area contributed by atoms with Gasteiger partial charge >= 0.3 is 5.97 Å². The van der Waals surface area contributed by atoms with Crippen molar-refractivity contribution < 1.29 is 59.1 Å². The van der Waals surface area contributed by atoms with E-state index in [1.807, 2.05) is 6.92 Å². The van der Waals surface area contributed by atoms with Gasteiger partial charge < -0.3 is 54.3 Å². The van der Waals surface area contributed by atoms with Crippen LogP contribution in [0.2, 0.25) is 0 Å². The van der Waals surface area contributed by atoms with Gasteiger partial charge in [-0.3, -0.25) is 4.79 Å². The summed E-state index contributed by atoms with van der Waals surface area (Å²) in [4.78, 5) is 12.5. The lowest BCUT2D eigenvalue weighted by Gasteiger charge is -2.43. The maximum Gasteiger partial charge on any atom is 0.306 e. The largest absolute Gasteiger partial charge is 0.457 e. The van der Waals surface area contributed by atoms with E-state index in [9.17, 15) is 35.4 Å². The number of esters is 1. The second kappa shape index (κ2) is 20.1. The van der Waals surface area contributed by atoms with Crippen molar-refractivity contribution in [2.45, 2.75) is 152 Å². The van der Waals surface area contributed by atoms with Crippen molar-refractivity contribution in [1.29, 1.82) is 0 Å². The van der Waals surface area contributed by atoms with Crippen LogP contribution in [-0.4, -0.2) is 124 Å². The Kier molecular flexibility index (Phi) is 17.1.